The Balaban J connectivity index is 1.85. The fraction of sp³-hybridized carbons (Fsp3) is 0.312. The number of hydrogen-bond acceptors (Lipinski definition) is 4. The van der Waals surface area contributed by atoms with Gasteiger partial charge in [0.2, 0.25) is 5.91 Å². The van der Waals surface area contributed by atoms with Gasteiger partial charge in [0.25, 0.3) is 5.56 Å². The maximum absolute atomic E-state index is 12.2. The molecule has 0 spiro atoms. The van der Waals surface area contributed by atoms with Crippen LogP contribution in [0, 0.1) is 0 Å². The summed E-state index contributed by atoms with van der Waals surface area (Å²) in [6, 6.07) is 11.3. The van der Waals surface area contributed by atoms with Crippen LogP contribution in [0.3, 0.4) is 0 Å². The molecular weight excluding hydrogens is 298 g/mol. The number of thioether (sulfide) groups is 1. The zero-order valence-electron chi connectivity index (χ0n) is 12.4. The monoisotopic (exact) mass is 317 g/mol. The minimum atomic E-state index is -0.131. The Hall–Kier alpha value is -2.08. The summed E-state index contributed by atoms with van der Waals surface area (Å²) in [5.74, 6) is -0.00621. The van der Waals surface area contributed by atoms with E-state index < -0.39 is 0 Å². The molecule has 0 bridgehead atoms. The van der Waals surface area contributed by atoms with E-state index in [0.717, 1.165) is 11.3 Å². The number of amides is 1. The molecule has 0 saturated carbocycles. The first-order valence-corrected chi connectivity index (χ1v) is 8.08. The number of rotatable bonds is 7. The summed E-state index contributed by atoms with van der Waals surface area (Å²) in [5.41, 5.74) is -0.116. The van der Waals surface area contributed by atoms with E-state index in [2.05, 4.69) is 10.3 Å². The predicted molar refractivity (Wildman–Crippen MR) is 87.9 cm³/mol. The standard InChI is InChI=1S/C16H19N3O2S/c1-2-14(22-13-6-4-3-5-7-13)16(21)18-10-11-19-12-17-9-8-15(19)20/h3-9,12,14H,2,10-11H2,1H3,(H,18,21). The maximum atomic E-state index is 12.2. The van der Waals surface area contributed by atoms with E-state index in [1.165, 1.54) is 23.2 Å². The molecule has 2 rings (SSSR count). The van der Waals surface area contributed by atoms with Crippen molar-refractivity contribution in [3.8, 4) is 0 Å². The van der Waals surface area contributed by atoms with Crippen LogP contribution in [0.2, 0.25) is 0 Å². The van der Waals surface area contributed by atoms with Crippen molar-refractivity contribution in [2.75, 3.05) is 6.54 Å². The minimum Gasteiger partial charge on any atom is -0.353 e. The molecule has 1 aromatic heterocycles. The first-order chi connectivity index (χ1) is 10.7. The molecular formula is C16H19N3O2S. The molecule has 5 nitrogen and oxygen atoms in total. The summed E-state index contributed by atoms with van der Waals surface area (Å²) >= 11 is 1.55. The van der Waals surface area contributed by atoms with Gasteiger partial charge in [-0.1, -0.05) is 25.1 Å². The highest BCUT2D eigenvalue weighted by Crippen LogP contribution is 2.24. The summed E-state index contributed by atoms with van der Waals surface area (Å²) in [6.07, 6.45) is 3.68. The van der Waals surface area contributed by atoms with Crippen molar-refractivity contribution >= 4 is 17.7 Å². The molecule has 0 aliphatic carbocycles. The highest BCUT2D eigenvalue weighted by Gasteiger charge is 2.17. The van der Waals surface area contributed by atoms with Gasteiger partial charge in [0.05, 0.1) is 11.6 Å². The molecule has 0 fully saturated rings. The number of nitrogens with one attached hydrogen (secondary N) is 1. The minimum absolute atomic E-state index is 0.00621. The SMILES string of the molecule is CCC(Sc1ccccc1)C(=O)NCCn1cnccc1=O. The third-order valence-corrected chi connectivity index (χ3v) is 4.51. The van der Waals surface area contributed by atoms with Crippen LogP contribution in [0.25, 0.3) is 0 Å². The molecule has 1 heterocycles. The average molecular weight is 317 g/mol. The summed E-state index contributed by atoms with van der Waals surface area (Å²) in [4.78, 5) is 28.7. The van der Waals surface area contributed by atoms with Crippen molar-refractivity contribution in [1.82, 2.24) is 14.9 Å². The van der Waals surface area contributed by atoms with Crippen molar-refractivity contribution in [3.05, 3.63) is 59.3 Å². The maximum Gasteiger partial charge on any atom is 0.253 e. The molecule has 22 heavy (non-hydrogen) atoms. The highest BCUT2D eigenvalue weighted by atomic mass is 32.2. The number of carbonyl (C=O) groups is 1. The topological polar surface area (TPSA) is 64.0 Å². The van der Waals surface area contributed by atoms with E-state index in [0.29, 0.717) is 13.1 Å². The van der Waals surface area contributed by atoms with Crippen LogP contribution in [0.4, 0.5) is 0 Å². The van der Waals surface area contributed by atoms with Crippen molar-refractivity contribution < 1.29 is 4.79 Å². The number of carbonyl (C=O) groups excluding carboxylic acids is 1. The van der Waals surface area contributed by atoms with Gasteiger partial charge in [0.15, 0.2) is 0 Å². The molecule has 2 aromatic rings. The molecule has 1 aromatic carbocycles. The van der Waals surface area contributed by atoms with Gasteiger partial charge in [-0.3, -0.25) is 14.2 Å². The molecule has 116 valence electrons. The fourth-order valence-corrected chi connectivity index (χ4v) is 2.95. The second kappa shape index (κ2) is 8.38. The summed E-state index contributed by atoms with van der Waals surface area (Å²) in [6.45, 7) is 2.83. The largest absolute Gasteiger partial charge is 0.353 e. The van der Waals surface area contributed by atoms with E-state index >= 15 is 0 Å². The van der Waals surface area contributed by atoms with Crippen LogP contribution in [0.5, 0.6) is 0 Å². The number of hydrogen-bond donors (Lipinski definition) is 1. The Morgan fingerprint density at radius 1 is 1.32 bits per heavy atom. The molecule has 0 aliphatic heterocycles. The van der Waals surface area contributed by atoms with Crippen molar-refractivity contribution in [1.29, 1.82) is 0 Å². The van der Waals surface area contributed by atoms with Gasteiger partial charge in [-0.05, 0) is 18.6 Å². The predicted octanol–water partition coefficient (Wildman–Crippen LogP) is 1.93. The third kappa shape index (κ3) is 4.73. The molecule has 0 saturated heterocycles. The fourth-order valence-electron chi connectivity index (χ4n) is 1.95. The Kier molecular flexibility index (Phi) is 6.21. The third-order valence-electron chi connectivity index (χ3n) is 3.13. The van der Waals surface area contributed by atoms with E-state index in [1.807, 2.05) is 37.3 Å². The summed E-state index contributed by atoms with van der Waals surface area (Å²) in [7, 11) is 0. The lowest BCUT2D eigenvalue weighted by atomic mass is 10.3. The zero-order valence-corrected chi connectivity index (χ0v) is 13.3. The van der Waals surface area contributed by atoms with Crippen molar-refractivity contribution in [2.45, 2.75) is 30.0 Å². The Bertz CT molecular complexity index is 658. The van der Waals surface area contributed by atoms with Gasteiger partial charge in [0, 0.05) is 30.2 Å². The normalized spacial score (nSPS) is 11.9. The lowest BCUT2D eigenvalue weighted by Crippen LogP contribution is -2.36. The quantitative estimate of drug-likeness (QED) is 0.793. The molecule has 0 aliphatic rings. The Morgan fingerprint density at radius 3 is 2.77 bits per heavy atom. The second-order valence-electron chi connectivity index (χ2n) is 4.73. The Labute approximate surface area is 133 Å². The molecule has 1 amide bonds. The summed E-state index contributed by atoms with van der Waals surface area (Å²) in [5, 5.41) is 2.75. The highest BCUT2D eigenvalue weighted by molar-refractivity contribution is 8.00. The lowest BCUT2D eigenvalue weighted by Gasteiger charge is -2.15. The van der Waals surface area contributed by atoms with E-state index in [1.54, 1.807) is 11.8 Å². The number of aromatic nitrogens is 2. The van der Waals surface area contributed by atoms with Crippen LogP contribution in [0.15, 0.2) is 58.6 Å². The lowest BCUT2D eigenvalue weighted by molar-refractivity contribution is -0.120. The summed E-state index contributed by atoms with van der Waals surface area (Å²) < 4.78 is 1.48. The van der Waals surface area contributed by atoms with Crippen molar-refractivity contribution in [2.24, 2.45) is 0 Å². The molecule has 6 heteroatoms. The number of nitrogens with zero attached hydrogens (tertiary/aromatic N) is 2. The van der Waals surface area contributed by atoms with E-state index in [-0.39, 0.29) is 16.7 Å². The molecule has 1 N–H and O–H groups in total. The van der Waals surface area contributed by atoms with Gasteiger partial charge in [-0.15, -0.1) is 11.8 Å². The number of benzene rings is 1. The van der Waals surface area contributed by atoms with Gasteiger partial charge in [0.1, 0.15) is 0 Å². The van der Waals surface area contributed by atoms with Crippen LogP contribution < -0.4 is 10.9 Å². The van der Waals surface area contributed by atoms with Crippen LogP contribution in [-0.2, 0) is 11.3 Å². The molecule has 1 unspecified atom stereocenters. The van der Waals surface area contributed by atoms with Gasteiger partial charge >= 0.3 is 0 Å². The molecule has 1 atom stereocenters. The van der Waals surface area contributed by atoms with Crippen LogP contribution in [-0.4, -0.2) is 27.3 Å². The first kappa shape index (κ1) is 16.3. The average Bonchev–Trinajstić information content (AvgIpc) is 2.55. The zero-order chi connectivity index (χ0) is 15.8. The van der Waals surface area contributed by atoms with Gasteiger partial charge in [-0.25, -0.2) is 4.98 Å². The first-order valence-electron chi connectivity index (χ1n) is 7.20. The molecule has 0 radical (unpaired) electrons. The smallest absolute Gasteiger partial charge is 0.253 e. The van der Waals surface area contributed by atoms with Crippen LogP contribution in [0.1, 0.15) is 13.3 Å². The Morgan fingerprint density at radius 2 is 2.09 bits per heavy atom. The second-order valence-corrected chi connectivity index (χ2v) is 6.01. The van der Waals surface area contributed by atoms with Crippen LogP contribution >= 0.6 is 11.8 Å². The van der Waals surface area contributed by atoms with E-state index in [4.69, 9.17) is 0 Å². The van der Waals surface area contributed by atoms with Gasteiger partial charge < -0.3 is 5.32 Å². The van der Waals surface area contributed by atoms with Gasteiger partial charge in [-0.2, -0.15) is 0 Å². The van der Waals surface area contributed by atoms with Crippen molar-refractivity contribution in [3.63, 3.8) is 0 Å². The van der Waals surface area contributed by atoms with E-state index in [9.17, 15) is 9.59 Å².